The SMILES string of the molecule is CCCc1nc(NN)c(C)c(NCC(C)OC)n1. The number of nitrogens with two attached hydrogens (primary N) is 1. The molecule has 0 bridgehead atoms. The molecule has 0 saturated heterocycles. The first-order valence-electron chi connectivity index (χ1n) is 6.23. The molecule has 6 nitrogen and oxygen atoms in total. The lowest BCUT2D eigenvalue weighted by Crippen LogP contribution is -2.21. The van der Waals surface area contributed by atoms with E-state index in [9.17, 15) is 0 Å². The zero-order valence-corrected chi connectivity index (χ0v) is 11.6. The smallest absolute Gasteiger partial charge is 0.148 e. The number of hydrogen-bond donors (Lipinski definition) is 3. The summed E-state index contributed by atoms with van der Waals surface area (Å²) in [6.45, 7) is 6.73. The third kappa shape index (κ3) is 3.82. The lowest BCUT2D eigenvalue weighted by atomic mass is 10.2. The standard InChI is InChI=1S/C12H23N5O/c1-5-6-10-15-11(14-7-8(2)18-4)9(3)12(16-10)17-13/h8H,5-7,13H2,1-4H3,(H2,14,15,16,17). The highest BCUT2D eigenvalue weighted by Gasteiger charge is 2.10. The number of hydrogen-bond acceptors (Lipinski definition) is 6. The highest BCUT2D eigenvalue weighted by atomic mass is 16.5. The molecule has 1 atom stereocenters. The van der Waals surface area contributed by atoms with Crippen molar-refractivity contribution in [2.24, 2.45) is 5.84 Å². The summed E-state index contributed by atoms with van der Waals surface area (Å²) in [5, 5.41) is 3.27. The van der Waals surface area contributed by atoms with Gasteiger partial charge in [-0.25, -0.2) is 15.8 Å². The van der Waals surface area contributed by atoms with Crippen LogP contribution in [0.25, 0.3) is 0 Å². The summed E-state index contributed by atoms with van der Waals surface area (Å²) in [6.07, 6.45) is 1.97. The number of nitrogens with zero attached hydrogens (tertiary/aromatic N) is 2. The Morgan fingerprint density at radius 2 is 2.00 bits per heavy atom. The first kappa shape index (κ1) is 14.7. The fraction of sp³-hybridized carbons (Fsp3) is 0.667. The summed E-state index contributed by atoms with van der Waals surface area (Å²) in [7, 11) is 1.69. The van der Waals surface area contributed by atoms with Gasteiger partial charge in [0.25, 0.3) is 0 Å². The maximum absolute atomic E-state index is 5.47. The van der Waals surface area contributed by atoms with Crippen molar-refractivity contribution in [2.75, 3.05) is 24.4 Å². The Morgan fingerprint density at radius 3 is 2.56 bits per heavy atom. The van der Waals surface area contributed by atoms with Crippen LogP contribution in [0.3, 0.4) is 0 Å². The summed E-state index contributed by atoms with van der Waals surface area (Å²) in [4.78, 5) is 8.87. The van der Waals surface area contributed by atoms with Gasteiger partial charge in [-0.15, -0.1) is 0 Å². The highest BCUT2D eigenvalue weighted by Crippen LogP contribution is 2.19. The van der Waals surface area contributed by atoms with Gasteiger partial charge in [0.15, 0.2) is 0 Å². The van der Waals surface area contributed by atoms with Crippen LogP contribution in [0.5, 0.6) is 0 Å². The van der Waals surface area contributed by atoms with Gasteiger partial charge in [0.05, 0.1) is 6.10 Å². The first-order chi connectivity index (χ1) is 8.62. The molecule has 0 aliphatic rings. The van der Waals surface area contributed by atoms with Crippen LogP contribution in [0.2, 0.25) is 0 Å². The summed E-state index contributed by atoms with van der Waals surface area (Å²) in [5.41, 5.74) is 3.53. The van der Waals surface area contributed by atoms with Gasteiger partial charge in [0.1, 0.15) is 17.5 Å². The van der Waals surface area contributed by atoms with E-state index >= 15 is 0 Å². The van der Waals surface area contributed by atoms with Crippen molar-refractivity contribution in [1.82, 2.24) is 9.97 Å². The summed E-state index contributed by atoms with van der Waals surface area (Å²) in [5.74, 6) is 7.75. The number of anilines is 2. The average Bonchev–Trinajstić information content (AvgIpc) is 2.38. The summed E-state index contributed by atoms with van der Waals surface area (Å²) < 4.78 is 5.20. The molecule has 0 aliphatic carbocycles. The number of aryl methyl sites for hydroxylation is 1. The third-order valence-corrected chi connectivity index (χ3v) is 2.76. The minimum absolute atomic E-state index is 0.128. The minimum Gasteiger partial charge on any atom is -0.380 e. The Labute approximate surface area is 108 Å². The van der Waals surface area contributed by atoms with E-state index in [1.165, 1.54) is 0 Å². The van der Waals surface area contributed by atoms with Crippen molar-refractivity contribution >= 4 is 11.6 Å². The number of ether oxygens (including phenoxy) is 1. The topological polar surface area (TPSA) is 85.1 Å². The molecule has 6 heteroatoms. The number of methoxy groups -OCH3 is 1. The largest absolute Gasteiger partial charge is 0.380 e. The van der Waals surface area contributed by atoms with E-state index in [1.54, 1.807) is 7.11 Å². The molecular weight excluding hydrogens is 230 g/mol. The van der Waals surface area contributed by atoms with Gasteiger partial charge in [0, 0.05) is 25.6 Å². The third-order valence-electron chi connectivity index (χ3n) is 2.76. The predicted octanol–water partition coefficient (Wildman–Crippen LogP) is 1.47. The predicted molar refractivity (Wildman–Crippen MR) is 73.5 cm³/mol. The van der Waals surface area contributed by atoms with Crippen LogP contribution in [0.4, 0.5) is 11.6 Å². The van der Waals surface area contributed by atoms with Crippen molar-refractivity contribution in [1.29, 1.82) is 0 Å². The van der Waals surface area contributed by atoms with Crippen LogP contribution in [-0.4, -0.2) is 29.7 Å². The molecule has 0 amide bonds. The molecule has 1 heterocycles. The molecule has 0 fully saturated rings. The van der Waals surface area contributed by atoms with Crippen LogP contribution >= 0.6 is 0 Å². The molecule has 1 aromatic rings. The van der Waals surface area contributed by atoms with Crippen molar-refractivity contribution < 1.29 is 4.74 Å². The van der Waals surface area contributed by atoms with Crippen LogP contribution in [0.15, 0.2) is 0 Å². The van der Waals surface area contributed by atoms with Crippen molar-refractivity contribution in [3.63, 3.8) is 0 Å². The van der Waals surface area contributed by atoms with Gasteiger partial charge < -0.3 is 15.5 Å². The van der Waals surface area contributed by atoms with Crippen LogP contribution < -0.4 is 16.6 Å². The fourth-order valence-corrected chi connectivity index (χ4v) is 1.53. The Kier molecular flexibility index (Phi) is 5.80. The molecule has 1 rings (SSSR count). The van der Waals surface area contributed by atoms with Gasteiger partial charge in [-0.2, -0.15) is 0 Å². The van der Waals surface area contributed by atoms with E-state index in [4.69, 9.17) is 10.6 Å². The Morgan fingerprint density at radius 1 is 1.33 bits per heavy atom. The Balaban J connectivity index is 2.90. The molecule has 0 spiro atoms. The monoisotopic (exact) mass is 253 g/mol. The van der Waals surface area contributed by atoms with Gasteiger partial charge >= 0.3 is 0 Å². The molecule has 4 N–H and O–H groups in total. The molecule has 0 aromatic carbocycles. The van der Waals surface area contributed by atoms with E-state index < -0.39 is 0 Å². The lowest BCUT2D eigenvalue weighted by molar-refractivity contribution is 0.128. The van der Waals surface area contributed by atoms with E-state index in [0.29, 0.717) is 12.4 Å². The van der Waals surface area contributed by atoms with Crippen molar-refractivity contribution in [3.05, 3.63) is 11.4 Å². The molecule has 0 radical (unpaired) electrons. The van der Waals surface area contributed by atoms with Crippen LogP contribution in [0, 0.1) is 6.92 Å². The van der Waals surface area contributed by atoms with Crippen LogP contribution in [-0.2, 0) is 11.2 Å². The quantitative estimate of drug-likeness (QED) is 0.504. The van der Waals surface area contributed by atoms with Gasteiger partial charge in [-0.3, -0.25) is 0 Å². The molecule has 1 aromatic heterocycles. The second-order valence-electron chi connectivity index (χ2n) is 4.28. The summed E-state index contributed by atoms with van der Waals surface area (Å²) in [6, 6.07) is 0. The van der Waals surface area contributed by atoms with Crippen LogP contribution in [0.1, 0.15) is 31.7 Å². The maximum atomic E-state index is 5.47. The van der Waals surface area contributed by atoms with Gasteiger partial charge in [0.2, 0.25) is 0 Å². The van der Waals surface area contributed by atoms with Gasteiger partial charge in [-0.1, -0.05) is 6.92 Å². The lowest BCUT2D eigenvalue weighted by Gasteiger charge is -2.15. The normalized spacial score (nSPS) is 12.3. The first-order valence-corrected chi connectivity index (χ1v) is 6.23. The van der Waals surface area contributed by atoms with Crippen molar-refractivity contribution in [2.45, 2.75) is 39.7 Å². The average molecular weight is 253 g/mol. The molecule has 1 unspecified atom stereocenters. The minimum atomic E-state index is 0.128. The number of rotatable bonds is 7. The second kappa shape index (κ2) is 7.13. The van der Waals surface area contributed by atoms with E-state index in [2.05, 4.69) is 27.6 Å². The van der Waals surface area contributed by atoms with E-state index in [0.717, 1.165) is 30.0 Å². The zero-order valence-electron chi connectivity index (χ0n) is 11.6. The summed E-state index contributed by atoms with van der Waals surface area (Å²) >= 11 is 0. The Hall–Kier alpha value is -1.40. The highest BCUT2D eigenvalue weighted by molar-refractivity contribution is 5.56. The molecule has 18 heavy (non-hydrogen) atoms. The molecular formula is C12H23N5O. The number of aromatic nitrogens is 2. The maximum Gasteiger partial charge on any atom is 0.148 e. The van der Waals surface area contributed by atoms with Gasteiger partial charge in [-0.05, 0) is 20.3 Å². The molecule has 0 saturated carbocycles. The molecule has 0 aliphatic heterocycles. The Bertz CT molecular complexity index is 383. The fourth-order valence-electron chi connectivity index (χ4n) is 1.53. The van der Waals surface area contributed by atoms with E-state index in [1.807, 2.05) is 13.8 Å². The van der Waals surface area contributed by atoms with Crippen molar-refractivity contribution in [3.8, 4) is 0 Å². The number of nitrogen functional groups attached to an aromatic ring is 1. The number of nitrogens with one attached hydrogen (secondary N) is 2. The molecule has 102 valence electrons. The second-order valence-corrected chi connectivity index (χ2v) is 4.28. The number of hydrazine groups is 1. The van der Waals surface area contributed by atoms with E-state index in [-0.39, 0.29) is 6.10 Å². The zero-order chi connectivity index (χ0) is 13.5.